The molecule has 6 heteroatoms. The molecule has 0 saturated heterocycles. The summed E-state index contributed by atoms with van der Waals surface area (Å²) in [4.78, 5) is 35.6. The zero-order valence-corrected chi connectivity index (χ0v) is 10.5. The van der Waals surface area contributed by atoms with Crippen LogP contribution in [0.3, 0.4) is 0 Å². The number of nitrogens with zero attached hydrogens (tertiary/aromatic N) is 2. The zero-order chi connectivity index (χ0) is 13.8. The van der Waals surface area contributed by atoms with E-state index < -0.39 is 5.97 Å². The number of hydrogen-bond acceptors (Lipinski definition) is 3. The van der Waals surface area contributed by atoms with Gasteiger partial charge in [0.1, 0.15) is 6.54 Å². The molecule has 1 amide bonds. The fourth-order valence-electron chi connectivity index (χ4n) is 1.96. The van der Waals surface area contributed by atoms with Crippen LogP contribution in [0.5, 0.6) is 0 Å². The molecule has 102 valence electrons. The van der Waals surface area contributed by atoms with E-state index in [1.807, 2.05) is 0 Å². The molecular formula is C13H16N2O4. The Hall–Kier alpha value is -2.11. The Morgan fingerprint density at radius 3 is 2.68 bits per heavy atom. The van der Waals surface area contributed by atoms with Crippen molar-refractivity contribution in [2.24, 2.45) is 0 Å². The fraction of sp³-hybridized carbons (Fsp3) is 0.462. The van der Waals surface area contributed by atoms with Crippen molar-refractivity contribution in [1.82, 2.24) is 9.47 Å². The average Bonchev–Trinajstić information content (AvgIpc) is 3.18. The van der Waals surface area contributed by atoms with Crippen molar-refractivity contribution < 1.29 is 14.7 Å². The van der Waals surface area contributed by atoms with Gasteiger partial charge >= 0.3 is 5.97 Å². The van der Waals surface area contributed by atoms with Gasteiger partial charge in [0.25, 0.3) is 5.56 Å². The molecule has 1 saturated carbocycles. The van der Waals surface area contributed by atoms with Crippen molar-refractivity contribution in [3.05, 3.63) is 34.7 Å². The van der Waals surface area contributed by atoms with Gasteiger partial charge in [-0.15, -0.1) is 0 Å². The highest BCUT2D eigenvalue weighted by Gasteiger charge is 2.33. The lowest BCUT2D eigenvalue weighted by Gasteiger charge is -2.20. The molecule has 0 radical (unpaired) electrons. The Balaban J connectivity index is 1.94. The number of aryl methyl sites for hydroxylation is 1. The molecule has 2 rings (SSSR count). The predicted molar refractivity (Wildman–Crippen MR) is 67.7 cm³/mol. The number of carbonyl (C=O) groups excluding carboxylic acids is 1. The summed E-state index contributed by atoms with van der Waals surface area (Å²) in [6.45, 7) is 0.0224. The summed E-state index contributed by atoms with van der Waals surface area (Å²) < 4.78 is 1.45. The van der Waals surface area contributed by atoms with Crippen LogP contribution in [-0.4, -0.2) is 39.0 Å². The van der Waals surface area contributed by atoms with Gasteiger partial charge in [-0.05, 0) is 18.9 Å². The van der Waals surface area contributed by atoms with Crippen LogP contribution in [0.15, 0.2) is 29.2 Å². The zero-order valence-electron chi connectivity index (χ0n) is 10.5. The second kappa shape index (κ2) is 5.69. The lowest BCUT2D eigenvalue weighted by Crippen LogP contribution is -2.38. The first-order chi connectivity index (χ1) is 9.08. The van der Waals surface area contributed by atoms with E-state index in [0.29, 0.717) is 0 Å². The van der Waals surface area contributed by atoms with Crippen molar-refractivity contribution in [3.8, 4) is 0 Å². The van der Waals surface area contributed by atoms with Crippen LogP contribution in [0.1, 0.15) is 19.3 Å². The lowest BCUT2D eigenvalue weighted by atomic mass is 10.3. The summed E-state index contributed by atoms with van der Waals surface area (Å²) in [6.07, 6.45) is 3.50. The van der Waals surface area contributed by atoms with Gasteiger partial charge in [0.2, 0.25) is 5.91 Å². The fourth-order valence-corrected chi connectivity index (χ4v) is 1.96. The van der Waals surface area contributed by atoms with Gasteiger partial charge in [-0.2, -0.15) is 0 Å². The van der Waals surface area contributed by atoms with E-state index in [9.17, 15) is 14.4 Å². The minimum atomic E-state index is -1.00. The quantitative estimate of drug-likeness (QED) is 0.802. The molecule has 1 heterocycles. The summed E-state index contributed by atoms with van der Waals surface area (Å²) in [7, 11) is 0. The van der Waals surface area contributed by atoms with E-state index in [2.05, 4.69) is 0 Å². The number of hydrogen-bond donors (Lipinski definition) is 1. The molecule has 0 spiro atoms. The van der Waals surface area contributed by atoms with Crippen molar-refractivity contribution >= 4 is 11.9 Å². The standard InChI is InChI=1S/C13H16N2O4/c16-11-3-1-2-7-14(11)8-6-12(17)15(9-13(18)19)10-4-5-10/h1-3,7,10H,4-6,8-9H2,(H,18,19). The van der Waals surface area contributed by atoms with E-state index >= 15 is 0 Å². The summed E-state index contributed by atoms with van der Waals surface area (Å²) in [6, 6.07) is 4.86. The van der Waals surface area contributed by atoms with Gasteiger partial charge in [-0.25, -0.2) is 0 Å². The Bertz CT molecular complexity index is 533. The molecule has 6 nitrogen and oxygen atoms in total. The van der Waals surface area contributed by atoms with Crippen LogP contribution in [0, 0.1) is 0 Å². The minimum Gasteiger partial charge on any atom is -0.480 e. The summed E-state index contributed by atoms with van der Waals surface area (Å²) in [5, 5.41) is 8.79. The third-order valence-corrected chi connectivity index (χ3v) is 3.08. The maximum Gasteiger partial charge on any atom is 0.323 e. The molecule has 0 aromatic carbocycles. The highest BCUT2D eigenvalue weighted by atomic mass is 16.4. The Morgan fingerprint density at radius 1 is 1.37 bits per heavy atom. The number of carbonyl (C=O) groups is 2. The first-order valence-electron chi connectivity index (χ1n) is 6.24. The maximum atomic E-state index is 12.0. The number of carboxylic acid groups (broad SMARTS) is 1. The molecular weight excluding hydrogens is 248 g/mol. The predicted octanol–water partition coefficient (Wildman–Crippen LogP) is 0.314. The molecule has 19 heavy (non-hydrogen) atoms. The Labute approximate surface area is 110 Å². The molecule has 1 aliphatic rings. The van der Waals surface area contributed by atoms with Gasteiger partial charge < -0.3 is 14.6 Å². The van der Waals surface area contributed by atoms with Gasteiger partial charge in [-0.1, -0.05) is 6.07 Å². The van der Waals surface area contributed by atoms with Gasteiger partial charge in [0.15, 0.2) is 0 Å². The van der Waals surface area contributed by atoms with E-state index in [1.165, 1.54) is 15.5 Å². The first kappa shape index (κ1) is 13.3. The van der Waals surface area contributed by atoms with Crippen molar-refractivity contribution in [1.29, 1.82) is 0 Å². The minimum absolute atomic E-state index is 0.0658. The van der Waals surface area contributed by atoms with E-state index in [4.69, 9.17) is 5.11 Å². The van der Waals surface area contributed by atoms with E-state index in [-0.39, 0.29) is 37.0 Å². The summed E-state index contributed by atoms with van der Waals surface area (Å²) in [5.74, 6) is -1.21. The smallest absolute Gasteiger partial charge is 0.323 e. The van der Waals surface area contributed by atoms with Crippen LogP contribution < -0.4 is 5.56 Å². The number of carboxylic acids is 1. The highest BCUT2D eigenvalue weighted by molar-refractivity contribution is 5.81. The monoisotopic (exact) mass is 264 g/mol. The third-order valence-electron chi connectivity index (χ3n) is 3.08. The molecule has 1 fully saturated rings. The summed E-state index contributed by atoms with van der Waals surface area (Å²) >= 11 is 0. The van der Waals surface area contributed by atoms with Crippen molar-refractivity contribution in [2.75, 3.05) is 6.54 Å². The molecule has 0 unspecified atom stereocenters. The van der Waals surface area contributed by atoms with Gasteiger partial charge in [0, 0.05) is 31.3 Å². The van der Waals surface area contributed by atoms with Crippen LogP contribution in [0.2, 0.25) is 0 Å². The van der Waals surface area contributed by atoms with Crippen LogP contribution in [0.4, 0.5) is 0 Å². The number of pyridine rings is 1. The van der Waals surface area contributed by atoms with Crippen LogP contribution in [0.25, 0.3) is 0 Å². The van der Waals surface area contributed by atoms with Gasteiger partial charge in [0.05, 0.1) is 0 Å². The normalized spacial score (nSPS) is 14.1. The SMILES string of the molecule is O=C(O)CN(C(=O)CCn1ccccc1=O)C1CC1. The number of amides is 1. The molecule has 1 N–H and O–H groups in total. The highest BCUT2D eigenvalue weighted by Crippen LogP contribution is 2.27. The van der Waals surface area contributed by atoms with E-state index in [1.54, 1.807) is 18.3 Å². The lowest BCUT2D eigenvalue weighted by molar-refractivity contribution is -0.145. The second-order valence-electron chi connectivity index (χ2n) is 4.63. The molecule has 1 aromatic rings. The number of rotatable bonds is 6. The molecule has 0 bridgehead atoms. The second-order valence-corrected chi connectivity index (χ2v) is 4.63. The van der Waals surface area contributed by atoms with Crippen molar-refractivity contribution in [2.45, 2.75) is 31.8 Å². The number of aliphatic carboxylic acids is 1. The number of aromatic nitrogens is 1. The van der Waals surface area contributed by atoms with Gasteiger partial charge in [-0.3, -0.25) is 14.4 Å². The molecule has 1 aromatic heterocycles. The third kappa shape index (κ3) is 3.67. The van der Waals surface area contributed by atoms with E-state index in [0.717, 1.165) is 12.8 Å². The average molecular weight is 264 g/mol. The van der Waals surface area contributed by atoms with Crippen molar-refractivity contribution in [3.63, 3.8) is 0 Å². The maximum absolute atomic E-state index is 12.0. The topological polar surface area (TPSA) is 79.6 Å². The summed E-state index contributed by atoms with van der Waals surface area (Å²) in [5.41, 5.74) is -0.161. The Morgan fingerprint density at radius 2 is 2.11 bits per heavy atom. The largest absolute Gasteiger partial charge is 0.480 e. The van der Waals surface area contributed by atoms with Crippen LogP contribution in [-0.2, 0) is 16.1 Å². The molecule has 1 aliphatic carbocycles. The van der Waals surface area contributed by atoms with Crippen LogP contribution >= 0.6 is 0 Å². The Kier molecular flexibility index (Phi) is 3.99. The first-order valence-corrected chi connectivity index (χ1v) is 6.24. The molecule has 0 atom stereocenters. The molecule has 0 aliphatic heterocycles.